The quantitative estimate of drug-likeness (QED) is 0.175. The fourth-order valence-corrected chi connectivity index (χ4v) is 5.17. The first kappa shape index (κ1) is 31.8. The zero-order valence-electron chi connectivity index (χ0n) is 21.7. The molecule has 0 aliphatic heterocycles. The Bertz CT molecular complexity index is 1730. The van der Waals surface area contributed by atoms with Gasteiger partial charge < -0.3 is 15.2 Å². The summed E-state index contributed by atoms with van der Waals surface area (Å²) in [6.45, 7) is 3.84. The molecule has 0 aromatic heterocycles. The van der Waals surface area contributed by atoms with Crippen LogP contribution in [0.4, 0.5) is 17.1 Å². The van der Waals surface area contributed by atoms with Crippen molar-refractivity contribution in [3.05, 3.63) is 81.8 Å². The Kier molecular flexibility index (Phi) is 10.6. The number of fused-ring (bicyclic) bond motifs is 1. The molecule has 13 heteroatoms. The van der Waals surface area contributed by atoms with Crippen LogP contribution in [0.1, 0.15) is 29.8 Å². The number of benzene rings is 4. The Morgan fingerprint density at radius 1 is 1.05 bits per heavy atom. The normalized spacial score (nSPS) is 11.4. The third-order valence-corrected chi connectivity index (χ3v) is 7.23. The van der Waals surface area contributed by atoms with Gasteiger partial charge in [0.1, 0.15) is 11.4 Å². The monoisotopic (exact) mass is 609 g/mol. The van der Waals surface area contributed by atoms with Crippen LogP contribution >= 0.6 is 23.2 Å². The predicted molar refractivity (Wildman–Crippen MR) is 149 cm³/mol. The van der Waals surface area contributed by atoms with Crippen LogP contribution in [0.5, 0.6) is 11.5 Å². The number of hydrogen-bond donors (Lipinski definition) is 2. The standard InChI is InChI=1S/C27H23Cl2N3O6S.Na/c1-3-15-12-21(20(29)14-24(15)39(35,36)37)31-32-25-18-8-6-5-7-16(18)11-19(26(25)33)27(34)30-22-13-17(28)9-10-23(22)38-4-2;/h5-14,33H,3-4H2,1-2H3,(H,30,34)(H,35,36,37);/q;+1/p-1. The number of carbonyl (C=O) groups excluding carboxylic acids is 1. The molecule has 0 saturated heterocycles. The largest absolute Gasteiger partial charge is 1.00 e. The number of nitrogens with zero attached hydrogens (tertiary/aromatic N) is 2. The van der Waals surface area contributed by atoms with Crippen LogP contribution in [0.15, 0.2) is 75.8 Å². The maximum atomic E-state index is 13.5. The Morgan fingerprint density at radius 2 is 1.77 bits per heavy atom. The van der Waals surface area contributed by atoms with Gasteiger partial charge in [-0.25, -0.2) is 0 Å². The van der Waals surface area contributed by atoms with Crippen LogP contribution in [0, 0.1) is 0 Å². The molecular weight excluding hydrogens is 588 g/mol. The third kappa shape index (κ3) is 6.95. The number of halogens is 2. The molecular formula is C27H22Cl2N3NaO6S. The summed E-state index contributed by atoms with van der Waals surface area (Å²) >= 11 is 12.3. The van der Waals surface area contributed by atoms with E-state index in [1.165, 1.54) is 18.2 Å². The Balaban J connectivity index is 0.00000441. The first-order valence-corrected chi connectivity index (χ1v) is 13.9. The minimum absolute atomic E-state index is 0. The molecule has 0 saturated carbocycles. The van der Waals surface area contributed by atoms with Gasteiger partial charge in [-0.3, -0.25) is 9.35 Å². The molecule has 40 heavy (non-hydrogen) atoms. The predicted octanol–water partition coefficient (Wildman–Crippen LogP) is 4.10. The topological polar surface area (TPSA) is 140 Å². The zero-order chi connectivity index (χ0) is 28.3. The van der Waals surface area contributed by atoms with Crippen molar-refractivity contribution in [1.29, 1.82) is 0 Å². The van der Waals surface area contributed by atoms with Gasteiger partial charge in [0.15, 0.2) is 0 Å². The van der Waals surface area contributed by atoms with E-state index in [0.29, 0.717) is 33.8 Å². The summed E-state index contributed by atoms with van der Waals surface area (Å²) in [7, 11) is -4.51. The minimum atomic E-state index is -4.51. The van der Waals surface area contributed by atoms with E-state index in [2.05, 4.69) is 15.5 Å². The molecule has 9 nitrogen and oxygen atoms in total. The van der Waals surface area contributed by atoms with Crippen molar-refractivity contribution in [2.24, 2.45) is 10.2 Å². The van der Waals surface area contributed by atoms with Crippen LogP contribution in [-0.2, 0) is 16.5 Å². The van der Waals surface area contributed by atoms with E-state index in [9.17, 15) is 22.9 Å². The van der Waals surface area contributed by atoms with Crippen molar-refractivity contribution in [2.45, 2.75) is 25.2 Å². The van der Waals surface area contributed by atoms with Gasteiger partial charge in [-0.2, -0.15) is 13.5 Å². The first-order chi connectivity index (χ1) is 18.5. The Labute approximate surface area is 263 Å². The van der Waals surface area contributed by atoms with Crippen molar-refractivity contribution >= 4 is 67.1 Å². The van der Waals surface area contributed by atoms with Crippen LogP contribution in [-0.4, -0.2) is 25.5 Å². The summed E-state index contributed by atoms with van der Waals surface area (Å²) in [5.74, 6) is -0.997. The molecule has 0 fully saturated rings. The number of anilines is 1. The molecule has 0 heterocycles. The molecule has 0 aliphatic carbocycles. The van der Waals surface area contributed by atoms with E-state index in [1.807, 2.05) is 0 Å². The van der Waals surface area contributed by atoms with Gasteiger partial charge in [-0.05, 0) is 60.7 Å². The van der Waals surface area contributed by atoms with Gasteiger partial charge in [-0.15, -0.1) is 5.11 Å². The van der Waals surface area contributed by atoms with E-state index in [0.717, 1.165) is 6.07 Å². The molecule has 0 radical (unpaired) electrons. The fraction of sp³-hybridized carbons (Fsp3) is 0.148. The number of amides is 1. The minimum Gasteiger partial charge on any atom is -0.870 e. The molecule has 4 aromatic rings. The van der Waals surface area contributed by atoms with Gasteiger partial charge in [0.05, 0.1) is 27.9 Å². The molecule has 0 bridgehead atoms. The summed E-state index contributed by atoms with van der Waals surface area (Å²) in [4.78, 5) is 12.9. The third-order valence-electron chi connectivity index (χ3n) is 5.76. The summed E-state index contributed by atoms with van der Waals surface area (Å²) in [6, 6.07) is 15.5. The summed E-state index contributed by atoms with van der Waals surface area (Å²) in [5.41, 5.74) is 0.347. The molecule has 1 amide bonds. The summed E-state index contributed by atoms with van der Waals surface area (Å²) in [6.07, 6.45) is 0.257. The van der Waals surface area contributed by atoms with Gasteiger partial charge >= 0.3 is 29.6 Å². The second-order valence-electron chi connectivity index (χ2n) is 8.29. The fourth-order valence-electron chi connectivity index (χ4n) is 3.93. The molecule has 202 valence electrons. The Morgan fingerprint density at radius 3 is 2.45 bits per heavy atom. The SMILES string of the molecule is CCOc1ccc(Cl)cc1NC(=O)c1cc2ccccc2c(N=Nc2cc(CC)c(S(=O)(=O)O)cc2Cl)c1[O-].[Na+]. The molecule has 0 aliphatic rings. The van der Waals surface area contributed by atoms with Crippen molar-refractivity contribution < 1.29 is 57.2 Å². The number of aryl methyl sites for hydroxylation is 1. The van der Waals surface area contributed by atoms with E-state index in [4.69, 9.17) is 27.9 Å². The van der Waals surface area contributed by atoms with Crippen molar-refractivity contribution in [3.8, 4) is 11.5 Å². The summed E-state index contributed by atoms with van der Waals surface area (Å²) in [5, 5.41) is 25.7. The van der Waals surface area contributed by atoms with E-state index < -0.39 is 21.8 Å². The van der Waals surface area contributed by atoms with Gasteiger partial charge in [0.25, 0.3) is 16.0 Å². The van der Waals surface area contributed by atoms with Gasteiger partial charge in [0.2, 0.25) is 0 Å². The second-order valence-corrected chi connectivity index (χ2v) is 10.5. The number of carbonyl (C=O) groups is 1. The maximum absolute atomic E-state index is 13.5. The van der Waals surface area contributed by atoms with E-state index in [1.54, 1.807) is 50.2 Å². The zero-order valence-corrected chi connectivity index (χ0v) is 26.1. The van der Waals surface area contributed by atoms with Gasteiger partial charge in [-0.1, -0.05) is 60.1 Å². The van der Waals surface area contributed by atoms with Crippen molar-refractivity contribution in [1.82, 2.24) is 0 Å². The number of ether oxygens (including phenoxy) is 1. The summed E-state index contributed by atoms with van der Waals surface area (Å²) < 4.78 is 38.5. The number of rotatable bonds is 8. The number of azo groups is 1. The van der Waals surface area contributed by atoms with Crippen molar-refractivity contribution in [3.63, 3.8) is 0 Å². The van der Waals surface area contributed by atoms with E-state index >= 15 is 0 Å². The first-order valence-electron chi connectivity index (χ1n) is 11.7. The molecule has 0 unspecified atom stereocenters. The molecule has 2 N–H and O–H groups in total. The van der Waals surface area contributed by atoms with Crippen LogP contribution in [0.3, 0.4) is 0 Å². The van der Waals surface area contributed by atoms with Crippen molar-refractivity contribution in [2.75, 3.05) is 11.9 Å². The smallest absolute Gasteiger partial charge is 0.870 e. The molecule has 0 atom stereocenters. The second kappa shape index (κ2) is 13.3. The molecule has 0 spiro atoms. The van der Waals surface area contributed by atoms with E-state index in [-0.39, 0.29) is 68.4 Å². The maximum Gasteiger partial charge on any atom is 1.00 e. The number of hydrogen-bond acceptors (Lipinski definition) is 7. The van der Waals surface area contributed by atoms with Crippen LogP contribution in [0.25, 0.3) is 10.8 Å². The molecule has 4 aromatic carbocycles. The number of nitrogens with one attached hydrogen (secondary N) is 1. The Hall–Kier alpha value is -2.70. The average molecular weight is 610 g/mol. The average Bonchev–Trinajstić information content (AvgIpc) is 2.89. The molecule has 4 rings (SSSR count). The van der Waals surface area contributed by atoms with Crippen LogP contribution in [0.2, 0.25) is 10.0 Å². The van der Waals surface area contributed by atoms with Gasteiger partial charge in [0, 0.05) is 16.0 Å². The van der Waals surface area contributed by atoms with Crippen LogP contribution < -0.4 is 44.7 Å².